The lowest BCUT2D eigenvalue weighted by atomic mass is 9.50. The molecule has 22 heavy (non-hydrogen) atoms. The smallest absolute Gasteiger partial charge is 0.0352 e. The van der Waals surface area contributed by atoms with Crippen molar-refractivity contribution in [1.29, 1.82) is 0 Å². The van der Waals surface area contributed by atoms with E-state index in [2.05, 4.69) is 0 Å². The standard InChI is InChI=1S/C22H36/c1-3-7-17-13-21-19(11-15(17)5-1)9-10-20-12-16-6-2-4-8-18(16)14-22(20)21/h15-22H,1-14H2. The molecule has 0 saturated heterocycles. The molecule has 5 rings (SSSR count). The fourth-order valence-electron chi connectivity index (χ4n) is 8.16. The third-order valence-electron chi connectivity index (χ3n) is 9.16. The Morgan fingerprint density at radius 2 is 0.682 bits per heavy atom. The largest absolute Gasteiger partial charge is 0.0530 e. The van der Waals surface area contributed by atoms with Crippen molar-refractivity contribution < 1.29 is 0 Å². The molecule has 124 valence electrons. The van der Waals surface area contributed by atoms with Crippen LogP contribution in [0, 0.1) is 47.3 Å². The normalized spacial score (nSPS) is 54.5. The van der Waals surface area contributed by atoms with Gasteiger partial charge in [-0.15, -0.1) is 0 Å². The molecule has 0 aromatic carbocycles. The monoisotopic (exact) mass is 300 g/mol. The van der Waals surface area contributed by atoms with Crippen molar-refractivity contribution >= 4 is 0 Å². The first-order chi connectivity index (χ1) is 10.9. The Bertz CT molecular complexity index is 361. The van der Waals surface area contributed by atoms with Crippen LogP contribution in [0.25, 0.3) is 0 Å². The predicted molar refractivity (Wildman–Crippen MR) is 92.6 cm³/mol. The van der Waals surface area contributed by atoms with E-state index >= 15 is 0 Å². The zero-order valence-electron chi connectivity index (χ0n) is 14.5. The summed E-state index contributed by atoms with van der Waals surface area (Å²) in [5, 5.41) is 0. The summed E-state index contributed by atoms with van der Waals surface area (Å²) in [6.07, 6.45) is 22.4. The van der Waals surface area contributed by atoms with E-state index in [-0.39, 0.29) is 0 Å². The molecule has 8 atom stereocenters. The van der Waals surface area contributed by atoms with Gasteiger partial charge in [-0.05, 0) is 85.9 Å². The lowest BCUT2D eigenvalue weighted by molar-refractivity contribution is -0.0553. The van der Waals surface area contributed by atoms with Gasteiger partial charge in [-0.3, -0.25) is 0 Å². The Kier molecular flexibility index (Phi) is 3.79. The van der Waals surface area contributed by atoms with Gasteiger partial charge >= 0.3 is 0 Å². The molecule has 0 aromatic rings. The van der Waals surface area contributed by atoms with Crippen LogP contribution in [0.3, 0.4) is 0 Å². The summed E-state index contributed by atoms with van der Waals surface area (Å²) in [5.41, 5.74) is 0. The van der Waals surface area contributed by atoms with Crippen LogP contribution in [0.4, 0.5) is 0 Å². The van der Waals surface area contributed by atoms with Crippen molar-refractivity contribution in [2.45, 2.75) is 89.9 Å². The van der Waals surface area contributed by atoms with Gasteiger partial charge in [0.25, 0.3) is 0 Å². The van der Waals surface area contributed by atoms with Crippen LogP contribution in [-0.2, 0) is 0 Å². The highest BCUT2D eigenvalue weighted by atomic mass is 14.5. The van der Waals surface area contributed by atoms with Gasteiger partial charge in [-0.25, -0.2) is 0 Å². The third kappa shape index (κ3) is 2.39. The highest BCUT2D eigenvalue weighted by molar-refractivity contribution is 4.99. The number of hydrogen-bond acceptors (Lipinski definition) is 0. The molecular formula is C22H36. The van der Waals surface area contributed by atoms with E-state index in [1.807, 2.05) is 0 Å². The summed E-state index contributed by atoms with van der Waals surface area (Å²) >= 11 is 0. The molecule has 5 saturated carbocycles. The van der Waals surface area contributed by atoms with E-state index in [1.165, 1.54) is 11.8 Å². The molecule has 5 aliphatic rings. The molecule has 0 aromatic heterocycles. The van der Waals surface area contributed by atoms with Gasteiger partial charge < -0.3 is 0 Å². The van der Waals surface area contributed by atoms with Gasteiger partial charge in [0.15, 0.2) is 0 Å². The van der Waals surface area contributed by atoms with Crippen LogP contribution in [0.5, 0.6) is 0 Å². The van der Waals surface area contributed by atoms with Gasteiger partial charge in [-0.2, -0.15) is 0 Å². The van der Waals surface area contributed by atoms with E-state index in [4.69, 9.17) is 0 Å². The summed E-state index contributed by atoms with van der Waals surface area (Å²) in [6.45, 7) is 0. The molecule has 0 nitrogen and oxygen atoms in total. The van der Waals surface area contributed by atoms with Crippen molar-refractivity contribution in [3.05, 3.63) is 0 Å². The van der Waals surface area contributed by atoms with Gasteiger partial charge in [0.1, 0.15) is 0 Å². The maximum atomic E-state index is 1.66. The highest BCUT2D eigenvalue weighted by Gasteiger charge is 2.49. The summed E-state index contributed by atoms with van der Waals surface area (Å²) in [7, 11) is 0. The molecule has 0 N–H and O–H groups in total. The minimum Gasteiger partial charge on any atom is -0.0530 e. The van der Waals surface area contributed by atoms with E-state index in [1.54, 1.807) is 89.9 Å². The molecule has 0 amide bonds. The maximum absolute atomic E-state index is 1.66. The highest BCUT2D eigenvalue weighted by Crippen LogP contribution is 2.58. The molecule has 5 aliphatic carbocycles. The summed E-state index contributed by atoms with van der Waals surface area (Å²) < 4.78 is 0. The van der Waals surface area contributed by atoms with E-state index in [0.29, 0.717) is 0 Å². The molecular weight excluding hydrogens is 264 g/mol. The zero-order valence-corrected chi connectivity index (χ0v) is 14.5. The quantitative estimate of drug-likeness (QED) is 0.482. The van der Waals surface area contributed by atoms with Gasteiger partial charge in [0.2, 0.25) is 0 Å². The lowest BCUT2D eigenvalue weighted by Gasteiger charge is -2.55. The molecule has 0 heteroatoms. The number of hydrogen-bond donors (Lipinski definition) is 0. The fourth-order valence-corrected chi connectivity index (χ4v) is 8.16. The van der Waals surface area contributed by atoms with Gasteiger partial charge in [0.05, 0.1) is 0 Å². The predicted octanol–water partition coefficient (Wildman–Crippen LogP) is 6.45. The average molecular weight is 301 g/mol. The Balaban J connectivity index is 1.34. The van der Waals surface area contributed by atoms with Gasteiger partial charge in [-0.1, -0.05) is 51.4 Å². The molecule has 0 spiro atoms. The molecule has 0 aliphatic heterocycles. The lowest BCUT2D eigenvalue weighted by Crippen LogP contribution is -2.46. The van der Waals surface area contributed by atoms with Crippen molar-refractivity contribution in [3.8, 4) is 0 Å². The summed E-state index contributed by atoms with van der Waals surface area (Å²) in [6, 6.07) is 0. The Morgan fingerprint density at radius 3 is 1.09 bits per heavy atom. The average Bonchev–Trinajstić information content (AvgIpc) is 2.58. The Morgan fingerprint density at radius 1 is 0.318 bits per heavy atom. The minimum absolute atomic E-state index is 1.15. The first-order valence-corrected chi connectivity index (χ1v) is 10.9. The van der Waals surface area contributed by atoms with Gasteiger partial charge in [0, 0.05) is 0 Å². The molecule has 0 radical (unpaired) electrons. The van der Waals surface area contributed by atoms with E-state index < -0.39 is 0 Å². The van der Waals surface area contributed by atoms with Crippen LogP contribution in [0.15, 0.2) is 0 Å². The van der Waals surface area contributed by atoms with E-state index in [0.717, 1.165) is 35.5 Å². The molecule has 0 bridgehead atoms. The van der Waals surface area contributed by atoms with Crippen LogP contribution < -0.4 is 0 Å². The number of fused-ring (bicyclic) bond motifs is 5. The Hall–Kier alpha value is 0. The first-order valence-electron chi connectivity index (χ1n) is 10.9. The summed E-state index contributed by atoms with van der Waals surface area (Å²) in [4.78, 5) is 0. The minimum atomic E-state index is 1.15. The second-order valence-corrected chi connectivity index (χ2v) is 9.98. The van der Waals surface area contributed by atoms with E-state index in [9.17, 15) is 0 Å². The summed E-state index contributed by atoms with van der Waals surface area (Å²) in [5.74, 6) is 9.24. The first kappa shape index (κ1) is 14.4. The molecule has 0 heterocycles. The maximum Gasteiger partial charge on any atom is -0.0352 e. The van der Waals surface area contributed by atoms with Crippen LogP contribution in [0.2, 0.25) is 0 Å². The van der Waals surface area contributed by atoms with Crippen molar-refractivity contribution in [2.75, 3.05) is 0 Å². The number of rotatable bonds is 0. The van der Waals surface area contributed by atoms with Crippen LogP contribution >= 0.6 is 0 Å². The topological polar surface area (TPSA) is 0 Å². The molecule has 5 fully saturated rings. The zero-order chi connectivity index (χ0) is 14.5. The molecule has 8 unspecified atom stereocenters. The van der Waals surface area contributed by atoms with Crippen molar-refractivity contribution in [1.82, 2.24) is 0 Å². The van der Waals surface area contributed by atoms with Crippen LogP contribution in [0.1, 0.15) is 89.9 Å². The second-order valence-electron chi connectivity index (χ2n) is 9.98. The third-order valence-corrected chi connectivity index (χ3v) is 9.16. The second kappa shape index (κ2) is 5.82. The SMILES string of the molecule is C1CCC2CC3C(CCC4CC5CCCCC5CC43)CC2C1. The fraction of sp³-hybridized carbons (Fsp3) is 1.00. The van der Waals surface area contributed by atoms with Crippen LogP contribution in [-0.4, -0.2) is 0 Å². The Labute approximate surface area is 137 Å². The van der Waals surface area contributed by atoms with Crippen molar-refractivity contribution in [2.24, 2.45) is 47.3 Å². The van der Waals surface area contributed by atoms with Crippen molar-refractivity contribution in [3.63, 3.8) is 0 Å².